The molecule has 0 aromatic heterocycles. The van der Waals surface area contributed by atoms with Crippen molar-refractivity contribution in [3.8, 4) is 0 Å². The van der Waals surface area contributed by atoms with Crippen LogP contribution in [0.15, 0.2) is 17.6 Å². The molecule has 0 spiro atoms. The van der Waals surface area contributed by atoms with E-state index in [9.17, 15) is 4.79 Å². The fourth-order valence-corrected chi connectivity index (χ4v) is 0.255. The molecule has 0 saturated carbocycles. The maximum Gasteiger partial charge on any atom is 0.358 e. The Labute approximate surface area is 63.5 Å². The zero-order chi connectivity index (χ0) is 8.85. The fraction of sp³-hybridized carbons (Fsp3) is 0.200. The van der Waals surface area contributed by atoms with Crippen molar-refractivity contribution in [1.29, 1.82) is 0 Å². The summed E-state index contributed by atoms with van der Waals surface area (Å²) in [7, 11) is 1.33. The number of carbonyl (C=O) groups excluding carboxylic acids is 1. The van der Waals surface area contributed by atoms with E-state index in [0.29, 0.717) is 0 Å². The number of guanidine groups is 1. The molecule has 0 aliphatic rings. The lowest BCUT2D eigenvalue weighted by molar-refractivity contribution is -0.264. The topological polar surface area (TPSA) is 88.1 Å². The first-order chi connectivity index (χ1) is 5.11. The minimum absolute atomic E-state index is 0.0595. The van der Waals surface area contributed by atoms with Crippen LogP contribution in [0.1, 0.15) is 0 Å². The SMILES string of the molecule is C=CC(=O)ON(O)C(N)=NC. The second kappa shape index (κ2) is 4.29. The van der Waals surface area contributed by atoms with Gasteiger partial charge in [-0.05, 0) is 5.23 Å². The predicted molar refractivity (Wildman–Crippen MR) is 37.5 cm³/mol. The Kier molecular flexibility index (Phi) is 3.68. The molecule has 0 aromatic rings. The lowest BCUT2D eigenvalue weighted by Crippen LogP contribution is -2.35. The fourth-order valence-electron chi connectivity index (χ4n) is 0.255. The number of carbonyl (C=O) groups is 1. The molecule has 11 heavy (non-hydrogen) atoms. The molecule has 0 aromatic carbocycles. The van der Waals surface area contributed by atoms with Gasteiger partial charge in [0, 0.05) is 13.1 Å². The van der Waals surface area contributed by atoms with Crippen LogP contribution in [-0.2, 0) is 9.63 Å². The van der Waals surface area contributed by atoms with Crippen molar-refractivity contribution in [2.24, 2.45) is 10.7 Å². The van der Waals surface area contributed by atoms with Crippen molar-refractivity contribution in [2.45, 2.75) is 0 Å². The highest BCUT2D eigenvalue weighted by Gasteiger charge is 2.06. The normalized spacial score (nSPS) is 10.5. The lowest BCUT2D eigenvalue weighted by atomic mass is 10.7. The van der Waals surface area contributed by atoms with Gasteiger partial charge < -0.3 is 10.6 Å². The van der Waals surface area contributed by atoms with Crippen molar-refractivity contribution in [1.82, 2.24) is 5.23 Å². The molecule has 0 heterocycles. The number of nitrogens with zero attached hydrogens (tertiary/aromatic N) is 2. The van der Waals surface area contributed by atoms with Crippen molar-refractivity contribution in [3.05, 3.63) is 12.7 Å². The molecular weight excluding hydrogens is 150 g/mol. The number of aliphatic imine (C=N–C) groups is 1. The standard InChI is InChI=1S/C5H9N3O3/c1-3-4(9)11-8(10)5(6)7-2/h3,10H,1H2,2H3,(H2,6,7). The van der Waals surface area contributed by atoms with E-state index in [1.54, 1.807) is 0 Å². The van der Waals surface area contributed by atoms with Gasteiger partial charge in [-0.25, -0.2) is 4.79 Å². The first kappa shape index (κ1) is 9.44. The molecule has 6 heteroatoms. The van der Waals surface area contributed by atoms with Gasteiger partial charge in [0.05, 0.1) is 0 Å². The maximum absolute atomic E-state index is 10.4. The van der Waals surface area contributed by atoms with Gasteiger partial charge in [-0.3, -0.25) is 10.2 Å². The van der Waals surface area contributed by atoms with Crippen LogP contribution in [0.5, 0.6) is 0 Å². The van der Waals surface area contributed by atoms with Crippen LogP contribution >= 0.6 is 0 Å². The minimum atomic E-state index is -0.820. The van der Waals surface area contributed by atoms with Crippen LogP contribution in [-0.4, -0.2) is 29.4 Å². The third-order valence-corrected chi connectivity index (χ3v) is 0.768. The minimum Gasteiger partial charge on any atom is -0.365 e. The number of rotatable bonds is 1. The highest BCUT2D eigenvalue weighted by Crippen LogP contribution is 1.85. The molecule has 0 rings (SSSR count). The average Bonchev–Trinajstić information content (AvgIpc) is 2.02. The van der Waals surface area contributed by atoms with Crippen LogP contribution in [0.4, 0.5) is 0 Å². The van der Waals surface area contributed by atoms with Gasteiger partial charge in [-0.1, -0.05) is 6.58 Å². The Morgan fingerprint density at radius 2 is 2.45 bits per heavy atom. The van der Waals surface area contributed by atoms with Crippen molar-refractivity contribution >= 4 is 11.9 Å². The Morgan fingerprint density at radius 3 is 2.82 bits per heavy atom. The Morgan fingerprint density at radius 1 is 1.91 bits per heavy atom. The molecule has 0 radical (unpaired) electrons. The molecule has 62 valence electrons. The highest BCUT2D eigenvalue weighted by atomic mass is 16.9. The van der Waals surface area contributed by atoms with Crippen LogP contribution in [0.3, 0.4) is 0 Å². The number of hydrogen-bond acceptors (Lipinski definition) is 4. The lowest BCUT2D eigenvalue weighted by Gasteiger charge is -2.11. The summed E-state index contributed by atoms with van der Waals surface area (Å²) in [6.45, 7) is 3.11. The smallest absolute Gasteiger partial charge is 0.358 e. The first-order valence-corrected chi connectivity index (χ1v) is 2.67. The molecule has 3 N–H and O–H groups in total. The van der Waals surface area contributed by atoms with Gasteiger partial charge in [-0.15, -0.1) is 0 Å². The van der Waals surface area contributed by atoms with Crippen LogP contribution in [0, 0.1) is 0 Å². The highest BCUT2D eigenvalue weighted by molar-refractivity contribution is 5.83. The summed E-state index contributed by atoms with van der Waals surface area (Å²) in [6, 6.07) is 0. The van der Waals surface area contributed by atoms with Gasteiger partial charge in [0.1, 0.15) is 0 Å². The molecular formula is C5H9N3O3. The number of nitrogens with two attached hydrogens (primary N) is 1. The molecule has 0 amide bonds. The third kappa shape index (κ3) is 3.21. The first-order valence-electron chi connectivity index (χ1n) is 2.67. The van der Waals surface area contributed by atoms with Crippen LogP contribution < -0.4 is 5.73 Å². The van der Waals surface area contributed by atoms with Crippen molar-refractivity contribution < 1.29 is 14.8 Å². The summed E-state index contributed by atoms with van der Waals surface area (Å²) in [5.74, 6) is -1.14. The summed E-state index contributed by atoms with van der Waals surface area (Å²) in [6.07, 6.45) is 0.881. The molecule has 0 unspecified atom stereocenters. The zero-order valence-corrected chi connectivity index (χ0v) is 6.02. The van der Waals surface area contributed by atoms with Gasteiger partial charge in [0.2, 0.25) is 0 Å². The molecule has 0 aliphatic carbocycles. The zero-order valence-electron chi connectivity index (χ0n) is 6.02. The van der Waals surface area contributed by atoms with E-state index in [0.717, 1.165) is 6.08 Å². The number of hydrogen-bond donors (Lipinski definition) is 2. The van der Waals surface area contributed by atoms with Gasteiger partial charge >= 0.3 is 5.97 Å². The van der Waals surface area contributed by atoms with Gasteiger partial charge in [-0.2, -0.15) is 0 Å². The van der Waals surface area contributed by atoms with Crippen LogP contribution in [0.25, 0.3) is 0 Å². The van der Waals surface area contributed by atoms with E-state index in [1.807, 2.05) is 0 Å². The van der Waals surface area contributed by atoms with E-state index >= 15 is 0 Å². The summed E-state index contributed by atoms with van der Waals surface area (Å²) in [4.78, 5) is 17.9. The van der Waals surface area contributed by atoms with Gasteiger partial charge in [0.25, 0.3) is 5.96 Å². The van der Waals surface area contributed by atoms with E-state index < -0.39 is 5.97 Å². The van der Waals surface area contributed by atoms with E-state index in [4.69, 9.17) is 10.9 Å². The molecule has 0 atom stereocenters. The second-order valence-electron chi connectivity index (χ2n) is 1.47. The van der Waals surface area contributed by atoms with Crippen molar-refractivity contribution in [2.75, 3.05) is 7.05 Å². The van der Waals surface area contributed by atoms with E-state index in [2.05, 4.69) is 16.4 Å². The molecule has 0 fully saturated rings. The Bertz CT molecular complexity index is 189. The molecule has 0 saturated heterocycles. The van der Waals surface area contributed by atoms with Crippen molar-refractivity contribution in [3.63, 3.8) is 0 Å². The van der Waals surface area contributed by atoms with Gasteiger partial charge in [0.15, 0.2) is 0 Å². The van der Waals surface area contributed by atoms with Crippen LogP contribution in [0.2, 0.25) is 0 Å². The summed E-state index contributed by atoms with van der Waals surface area (Å²) < 4.78 is 0. The maximum atomic E-state index is 10.4. The van der Waals surface area contributed by atoms with E-state index in [-0.39, 0.29) is 11.2 Å². The molecule has 0 aliphatic heterocycles. The Hall–Kier alpha value is -1.56. The van der Waals surface area contributed by atoms with E-state index in [1.165, 1.54) is 7.05 Å². The summed E-state index contributed by atoms with van der Waals surface area (Å²) in [5, 5.41) is 8.77. The summed E-state index contributed by atoms with van der Waals surface area (Å²) >= 11 is 0. The molecule has 6 nitrogen and oxygen atoms in total. The average molecular weight is 159 g/mol. The molecule has 0 bridgehead atoms. The Balaban J connectivity index is 3.96. The summed E-state index contributed by atoms with van der Waals surface area (Å²) in [5.41, 5.74) is 5.03. The quantitative estimate of drug-likeness (QED) is 0.228. The third-order valence-electron chi connectivity index (χ3n) is 0.768. The monoisotopic (exact) mass is 159 g/mol. The predicted octanol–water partition coefficient (Wildman–Crippen LogP) is -0.734. The second-order valence-corrected chi connectivity index (χ2v) is 1.47. The number of hydroxylamine groups is 2. The largest absolute Gasteiger partial charge is 0.365 e.